The van der Waals surface area contributed by atoms with Crippen molar-refractivity contribution < 1.29 is 4.79 Å². The van der Waals surface area contributed by atoms with E-state index in [-0.39, 0.29) is 5.91 Å². The highest BCUT2D eigenvalue weighted by Gasteiger charge is 2.19. The molecule has 1 aliphatic rings. The summed E-state index contributed by atoms with van der Waals surface area (Å²) in [5.41, 5.74) is 3.55. The average Bonchev–Trinajstić information content (AvgIpc) is 3.59. The van der Waals surface area contributed by atoms with Crippen LogP contribution in [0.4, 0.5) is 0 Å². The predicted octanol–water partition coefficient (Wildman–Crippen LogP) is 5.38. The molecule has 8 nitrogen and oxygen atoms in total. The summed E-state index contributed by atoms with van der Waals surface area (Å²) in [5.74, 6) is 1.23. The van der Waals surface area contributed by atoms with Gasteiger partial charge in [0.25, 0.3) is 5.91 Å². The summed E-state index contributed by atoms with van der Waals surface area (Å²) >= 11 is 3.05. The highest BCUT2D eigenvalue weighted by Crippen LogP contribution is 2.30. The number of pyridine rings is 1. The second-order valence-electron chi connectivity index (χ2n) is 9.62. The molecular weight excluding hydrogens is 514 g/mol. The van der Waals surface area contributed by atoms with Crippen molar-refractivity contribution in [2.75, 3.05) is 19.6 Å². The number of piperidine rings is 1. The molecule has 4 aromatic rings. The molecule has 0 spiro atoms. The van der Waals surface area contributed by atoms with Gasteiger partial charge in [0.15, 0.2) is 11.0 Å². The van der Waals surface area contributed by atoms with Gasteiger partial charge in [-0.05, 0) is 63.9 Å². The van der Waals surface area contributed by atoms with E-state index in [0.29, 0.717) is 24.0 Å². The van der Waals surface area contributed by atoms with Crippen LogP contribution in [0, 0.1) is 6.92 Å². The predicted molar refractivity (Wildman–Crippen MR) is 153 cm³/mol. The molecule has 0 aliphatic carbocycles. The monoisotopic (exact) mass is 547 g/mol. The molecule has 0 saturated carbocycles. The third-order valence-electron chi connectivity index (χ3n) is 6.80. The minimum absolute atomic E-state index is 0.106. The van der Waals surface area contributed by atoms with Crippen molar-refractivity contribution in [1.82, 2.24) is 34.9 Å². The Kier molecular flexibility index (Phi) is 8.83. The molecule has 5 rings (SSSR count). The van der Waals surface area contributed by atoms with E-state index in [1.54, 1.807) is 24.2 Å². The molecule has 0 radical (unpaired) electrons. The summed E-state index contributed by atoms with van der Waals surface area (Å²) in [6.07, 6.45) is 8.38. The summed E-state index contributed by atoms with van der Waals surface area (Å²) < 4.78 is 2.05. The molecule has 1 aromatic carbocycles. The van der Waals surface area contributed by atoms with E-state index in [0.717, 1.165) is 40.2 Å². The summed E-state index contributed by atoms with van der Waals surface area (Å²) in [6.45, 7) is 7.24. The minimum atomic E-state index is -0.106. The van der Waals surface area contributed by atoms with E-state index in [1.807, 2.05) is 22.1 Å². The Morgan fingerprint density at radius 3 is 2.84 bits per heavy atom. The lowest BCUT2D eigenvalue weighted by Crippen LogP contribution is -2.39. The van der Waals surface area contributed by atoms with E-state index in [4.69, 9.17) is 0 Å². The zero-order chi connectivity index (χ0) is 26.3. The number of benzene rings is 1. The Hall–Kier alpha value is -3.08. The first-order chi connectivity index (χ1) is 18.6. The fourth-order valence-electron chi connectivity index (χ4n) is 4.64. The van der Waals surface area contributed by atoms with Crippen LogP contribution in [0.25, 0.3) is 17.1 Å². The molecule has 4 heterocycles. The van der Waals surface area contributed by atoms with Gasteiger partial charge in [-0.3, -0.25) is 14.3 Å². The summed E-state index contributed by atoms with van der Waals surface area (Å²) in [6, 6.07) is 12.8. The van der Waals surface area contributed by atoms with Crippen LogP contribution in [0.2, 0.25) is 0 Å². The smallest absolute Gasteiger partial charge is 0.270 e. The Bertz CT molecular complexity index is 1340. The number of amides is 1. The zero-order valence-electron chi connectivity index (χ0n) is 21.8. The summed E-state index contributed by atoms with van der Waals surface area (Å²) in [4.78, 5) is 24.0. The fourth-order valence-corrected chi connectivity index (χ4v) is 6.39. The van der Waals surface area contributed by atoms with Crippen LogP contribution in [-0.4, -0.2) is 61.2 Å². The molecular formula is C28H33N7OS2. The molecule has 1 N–H and O–H groups in total. The number of likely N-dealkylation sites (tertiary alicyclic amines) is 1. The number of aromatic nitrogens is 5. The topological polar surface area (TPSA) is 88.8 Å². The zero-order valence-corrected chi connectivity index (χ0v) is 23.5. The molecule has 10 heteroatoms. The number of carbonyl (C=O) groups is 1. The number of nitrogens with zero attached hydrogens (tertiary/aromatic N) is 6. The molecule has 1 amide bonds. The minimum Gasteiger partial charge on any atom is -0.351 e. The lowest BCUT2D eigenvalue weighted by atomic mass is 10.0. The number of aryl methyl sites for hydroxylation is 1. The van der Waals surface area contributed by atoms with E-state index >= 15 is 0 Å². The normalized spacial score (nSPS) is 16.0. The van der Waals surface area contributed by atoms with Crippen LogP contribution in [0.1, 0.15) is 53.7 Å². The lowest BCUT2D eigenvalue weighted by Gasteiger charge is -2.33. The maximum absolute atomic E-state index is 12.7. The largest absolute Gasteiger partial charge is 0.351 e. The molecule has 0 bridgehead atoms. The number of carbonyl (C=O) groups excluding carboxylic acids is 1. The van der Waals surface area contributed by atoms with Gasteiger partial charge < -0.3 is 10.2 Å². The van der Waals surface area contributed by atoms with Crippen LogP contribution in [0.5, 0.6) is 0 Å². The second kappa shape index (κ2) is 12.6. The lowest BCUT2D eigenvalue weighted by molar-refractivity contribution is 0.0944. The number of thioether (sulfide) groups is 1. The van der Waals surface area contributed by atoms with Gasteiger partial charge in [-0.1, -0.05) is 35.9 Å². The van der Waals surface area contributed by atoms with Crippen LogP contribution in [0.3, 0.4) is 0 Å². The first-order valence-electron chi connectivity index (χ1n) is 13.1. The molecule has 1 unspecified atom stereocenters. The number of nitrogens with one attached hydrogen (secondary N) is 1. The molecule has 1 atom stereocenters. The van der Waals surface area contributed by atoms with E-state index in [9.17, 15) is 4.79 Å². The van der Waals surface area contributed by atoms with E-state index in [2.05, 4.69) is 68.5 Å². The highest BCUT2D eigenvalue weighted by atomic mass is 32.2. The maximum Gasteiger partial charge on any atom is 0.270 e. The molecule has 3 aromatic heterocycles. The van der Waals surface area contributed by atoms with Crippen LogP contribution in [-0.2, 0) is 5.75 Å². The fraction of sp³-hybridized carbons (Fsp3) is 0.393. The van der Waals surface area contributed by atoms with Gasteiger partial charge in [-0.2, -0.15) is 0 Å². The van der Waals surface area contributed by atoms with Crippen molar-refractivity contribution in [2.45, 2.75) is 56.5 Å². The first-order valence-corrected chi connectivity index (χ1v) is 15.0. The van der Waals surface area contributed by atoms with Crippen molar-refractivity contribution >= 4 is 29.0 Å². The number of hydrogen-bond acceptors (Lipinski definition) is 8. The van der Waals surface area contributed by atoms with Crippen molar-refractivity contribution in [3.8, 4) is 17.1 Å². The van der Waals surface area contributed by atoms with Crippen molar-refractivity contribution in [3.05, 3.63) is 70.4 Å². The Morgan fingerprint density at radius 1 is 1.18 bits per heavy atom. The van der Waals surface area contributed by atoms with E-state index in [1.165, 1.54) is 42.7 Å². The molecule has 1 saturated heterocycles. The first kappa shape index (κ1) is 26.5. The molecule has 1 fully saturated rings. The Morgan fingerprint density at radius 2 is 2.05 bits per heavy atom. The van der Waals surface area contributed by atoms with Crippen LogP contribution in [0.15, 0.2) is 59.3 Å². The molecule has 1 aliphatic heterocycles. The molecule has 198 valence electrons. The second-order valence-corrected chi connectivity index (χ2v) is 11.5. The van der Waals surface area contributed by atoms with Crippen molar-refractivity contribution in [2.24, 2.45) is 0 Å². The van der Waals surface area contributed by atoms with Gasteiger partial charge in [-0.25, -0.2) is 4.98 Å². The van der Waals surface area contributed by atoms with Crippen molar-refractivity contribution in [1.29, 1.82) is 0 Å². The Balaban J connectivity index is 1.20. The van der Waals surface area contributed by atoms with Gasteiger partial charge in [0.05, 0.1) is 5.75 Å². The standard InChI is InChI=1S/C28H33N7OS2/c1-20-9-11-23(12-10-20)35-26(22-8-5-13-29-17-22)32-33-28(35)38-19-25-31-24(18-37-25)27(36)30-14-6-16-34-15-4-3-7-21(34)2/h5,8-13,17-18,21H,3-4,6-7,14-16,19H2,1-2H3,(H,30,36). The SMILES string of the molecule is Cc1ccc(-n2c(SCc3nc(C(=O)NCCCN4CCCCC4C)cs3)nnc2-c2cccnc2)cc1. The number of thiazole rings is 1. The van der Waals surface area contributed by atoms with Crippen LogP contribution >= 0.6 is 23.1 Å². The summed E-state index contributed by atoms with van der Waals surface area (Å²) in [5, 5.41) is 15.5. The highest BCUT2D eigenvalue weighted by molar-refractivity contribution is 7.98. The average molecular weight is 548 g/mol. The van der Waals surface area contributed by atoms with Crippen LogP contribution < -0.4 is 5.32 Å². The third kappa shape index (κ3) is 6.48. The van der Waals surface area contributed by atoms with Gasteiger partial charge in [-0.15, -0.1) is 21.5 Å². The number of rotatable bonds is 10. The maximum atomic E-state index is 12.7. The van der Waals surface area contributed by atoms with Gasteiger partial charge >= 0.3 is 0 Å². The number of hydrogen-bond donors (Lipinski definition) is 1. The molecule has 38 heavy (non-hydrogen) atoms. The van der Waals surface area contributed by atoms with Gasteiger partial charge in [0.2, 0.25) is 0 Å². The quantitative estimate of drug-likeness (QED) is 0.211. The third-order valence-corrected chi connectivity index (χ3v) is 8.77. The van der Waals surface area contributed by atoms with Gasteiger partial charge in [0.1, 0.15) is 10.7 Å². The van der Waals surface area contributed by atoms with E-state index < -0.39 is 0 Å². The summed E-state index contributed by atoms with van der Waals surface area (Å²) in [7, 11) is 0. The van der Waals surface area contributed by atoms with Crippen molar-refractivity contribution in [3.63, 3.8) is 0 Å². The Labute approximate surface area is 231 Å². The van der Waals surface area contributed by atoms with Gasteiger partial charge in [0, 0.05) is 48.2 Å².